The smallest absolute Gasteiger partial charge is 0.319 e. The molecule has 0 saturated heterocycles. The molecule has 0 spiro atoms. The van der Waals surface area contributed by atoms with Crippen LogP contribution in [0, 0.1) is 0 Å². The highest BCUT2D eigenvalue weighted by molar-refractivity contribution is 7.15. The third-order valence-corrected chi connectivity index (χ3v) is 4.92. The van der Waals surface area contributed by atoms with Gasteiger partial charge in [0.05, 0.1) is 22.7 Å². The number of furan rings is 1. The monoisotopic (exact) mass is 334 g/mol. The fourth-order valence-electron chi connectivity index (χ4n) is 1.88. The number of hydrogen-bond acceptors (Lipinski definition) is 5. The van der Waals surface area contributed by atoms with Crippen LogP contribution in [0.1, 0.15) is 11.0 Å². The van der Waals surface area contributed by atoms with Crippen molar-refractivity contribution < 1.29 is 14.3 Å². The van der Waals surface area contributed by atoms with E-state index in [1.54, 1.807) is 6.26 Å². The molecule has 0 aliphatic rings. The highest BCUT2D eigenvalue weighted by Gasteiger charge is 2.14. The Bertz CT molecular complexity index is 720. The van der Waals surface area contributed by atoms with Crippen LogP contribution in [-0.2, 0) is 0 Å². The van der Waals surface area contributed by atoms with Gasteiger partial charge in [-0.05, 0) is 41.8 Å². The topological polar surface area (TPSA) is 74.5 Å². The van der Waals surface area contributed by atoms with Gasteiger partial charge in [0.2, 0.25) is 0 Å². The van der Waals surface area contributed by atoms with Gasteiger partial charge >= 0.3 is 6.03 Å². The summed E-state index contributed by atoms with van der Waals surface area (Å²) in [4.78, 5) is 13.4. The van der Waals surface area contributed by atoms with E-state index in [0.717, 1.165) is 20.5 Å². The molecule has 3 aromatic rings. The zero-order valence-electron chi connectivity index (χ0n) is 11.5. The summed E-state index contributed by atoms with van der Waals surface area (Å²) in [7, 11) is 0. The maximum absolute atomic E-state index is 11.7. The standard InChI is InChI=1S/C15H14N2O3S2/c18-10(9-16-15(19)17-14-4-2-8-21-14)12-5-6-13(22-12)11-3-1-7-20-11/h1-8,10,18H,9H2,(H2,16,17,19). The number of carbonyl (C=O) groups excluding carboxylic acids is 1. The molecule has 5 nitrogen and oxygen atoms in total. The lowest BCUT2D eigenvalue weighted by Crippen LogP contribution is -2.31. The van der Waals surface area contributed by atoms with E-state index in [9.17, 15) is 9.90 Å². The lowest BCUT2D eigenvalue weighted by atomic mass is 10.3. The van der Waals surface area contributed by atoms with Gasteiger partial charge in [-0.3, -0.25) is 5.32 Å². The lowest BCUT2D eigenvalue weighted by Gasteiger charge is -2.10. The lowest BCUT2D eigenvalue weighted by molar-refractivity contribution is 0.178. The van der Waals surface area contributed by atoms with Gasteiger partial charge in [0, 0.05) is 4.88 Å². The number of amides is 2. The quantitative estimate of drug-likeness (QED) is 0.662. The van der Waals surface area contributed by atoms with E-state index >= 15 is 0 Å². The van der Waals surface area contributed by atoms with Gasteiger partial charge < -0.3 is 14.8 Å². The third-order valence-electron chi connectivity index (χ3n) is 2.93. The molecule has 3 heterocycles. The molecule has 2 amide bonds. The summed E-state index contributed by atoms with van der Waals surface area (Å²) in [6.45, 7) is 0.148. The van der Waals surface area contributed by atoms with Crippen LogP contribution in [0.5, 0.6) is 0 Å². The zero-order valence-corrected chi connectivity index (χ0v) is 13.1. The minimum Gasteiger partial charge on any atom is -0.464 e. The Hall–Kier alpha value is -2.09. The molecule has 3 aromatic heterocycles. The van der Waals surface area contributed by atoms with Gasteiger partial charge in [-0.2, -0.15) is 0 Å². The number of nitrogens with one attached hydrogen (secondary N) is 2. The predicted octanol–water partition coefficient (Wildman–Crippen LogP) is 3.92. The Morgan fingerprint density at radius 2 is 2.18 bits per heavy atom. The summed E-state index contributed by atoms with van der Waals surface area (Å²) in [5, 5.41) is 18.1. The molecule has 22 heavy (non-hydrogen) atoms. The van der Waals surface area contributed by atoms with Crippen LogP contribution in [0.25, 0.3) is 10.6 Å². The largest absolute Gasteiger partial charge is 0.464 e. The second-order valence-electron chi connectivity index (χ2n) is 4.51. The normalized spacial score (nSPS) is 12.0. The molecular formula is C15H14N2O3S2. The van der Waals surface area contributed by atoms with Crippen LogP contribution in [0.4, 0.5) is 9.80 Å². The summed E-state index contributed by atoms with van der Waals surface area (Å²) in [6, 6.07) is 10.8. The number of carbonyl (C=O) groups is 1. The van der Waals surface area contributed by atoms with E-state index in [-0.39, 0.29) is 12.6 Å². The number of aliphatic hydroxyl groups excluding tert-OH is 1. The Morgan fingerprint density at radius 1 is 1.27 bits per heavy atom. The average Bonchev–Trinajstić information content (AvgIpc) is 3.23. The summed E-state index contributed by atoms with van der Waals surface area (Å²) < 4.78 is 5.32. The van der Waals surface area contributed by atoms with E-state index in [0.29, 0.717) is 0 Å². The maximum atomic E-state index is 11.7. The minimum atomic E-state index is -0.747. The second-order valence-corrected chi connectivity index (χ2v) is 6.57. The Kier molecular flexibility index (Phi) is 4.57. The van der Waals surface area contributed by atoms with Gasteiger partial charge in [-0.1, -0.05) is 0 Å². The summed E-state index contributed by atoms with van der Waals surface area (Å²) in [5.41, 5.74) is 0. The average molecular weight is 334 g/mol. The number of anilines is 1. The number of hydrogen-bond donors (Lipinski definition) is 3. The molecule has 0 radical (unpaired) electrons. The van der Waals surface area contributed by atoms with E-state index < -0.39 is 6.10 Å². The highest BCUT2D eigenvalue weighted by atomic mass is 32.1. The van der Waals surface area contributed by atoms with Crippen molar-refractivity contribution in [3.8, 4) is 10.6 Å². The molecule has 3 N–H and O–H groups in total. The van der Waals surface area contributed by atoms with Crippen molar-refractivity contribution in [1.29, 1.82) is 0 Å². The van der Waals surface area contributed by atoms with Crippen molar-refractivity contribution in [3.05, 3.63) is 52.9 Å². The summed E-state index contributed by atoms with van der Waals surface area (Å²) >= 11 is 2.88. The number of aliphatic hydroxyl groups is 1. The molecular weight excluding hydrogens is 320 g/mol. The van der Waals surface area contributed by atoms with Gasteiger partial charge in [0.15, 0.2) is 0 Å². The van der Waals surface area contributed by atoms with E-state index in [4.69, 9.17) is 4.42 Å². The summed E-state index contributed by atoms with van der Waals surface area (Å²) in [5.74, 6) is 0.770. The van der Waals surface area contributed by atoms with Crippen molar-refractivity contribution in [2.45, 2.75) is 6.10 Å². The van der Waals surface area contributed by atoms with Gasteiger partial charge in [-0.25, -0.2) is 4.79 Å². The van der Waals surface area contributed by atoms with Crippen molar-refractivity contribution in [1.82, 2.24) is 5.32 Å². The molecule has 0 aliphatic carbocycles. The maximum Gasteiger partial charge on any atom is 0.319 e. The van der Waals surface area contributed by atoms with Crippen molar-refractivity contribution in [2.75, 3.05) is 11.9 Å². The zero-order chi connectivity index (χ0) is 15.4. The first-order valence-electron chi connectivity index (χ1n) is 6.62. The van der Waals surface area contributed by atoms with Crippen molar-refractivity contribution in [2.24, 2.45) is 0 Å². The van der Waals surface area contributed by atoms with Crippen LogP contribution in [0.2, 0.25) is 0 Å². The molecule has 3 rings (SSSR count). The van der Waals surface area contributed by atoms with E-state index in [1.807, 2.05) is 41.8 Å². The van der Waals surface area contributed by atoms with Crippen LogP contribution in [0.3, 0.4) is 0 Å². The molecule has 0 bridgehead atoms. The fourth-order valence-corrected chi connectivity index (χ4v) is 3.45. The third kappa shape index (κ3) is 3.56. The first-order chi connectivity index (χ1) is 10.7. The second kappa shape index (κ2) is 6.78. The fraction of sp³-hybridized carbons (Fsp3) is 0.133. The highest BCUT2D eigenvalue weighted by Crippen LogP contribution is 2.31. The predicted molar refractivity (Wildman–Crippen MR) is 88.3 cm³/mol. The van der Waals surface area contributed by atoms with Crippen molar-refractivity contribution >= 4 is 33.7 Å². The van der Waals surface area contributed by atoms with E-state index in [1.165, 1.54) is 22.7 Å². The molecule has 1 unspecified atom stereocenters. The Morgan fingerprint density at radius 3 is 2.91 bits per heavy atom. The Labute approximate surface area is 135 Å². The molecule has 0 aromatic carbocycles. The van der Waals surface area contributed by atoms with Gasteiger partial charge in [0.1, 0.15) is 11.9 Å². The first kappa shape index (κ1) is 14.8. The van der Waals surface area contributed by atoms with Crippen LogP contribution < -0.4 is 10.6 Å². The van der Waals surface area contributed by atoms with E-state index in [2.05, 4.69) is 10.6 Å². The molecule has 0 aliphatic heterocycles. The van der Waals surface area contributed by atoms with Crippen LogP contribution in [-0.4, -0.2) is 17.7 Å². The Balaban J connectivity index is 1.53. The SMILES string of the molecule is O=C(NCC(O)c1ccc(-c2ccco2)s1)Nc1cccs1. The first-order valence-corrected chi connectivity index (χ1v) is 8.32. The number of rotatable bonds is 5. The molecule has 1 atom stereocenters. The molecule has 0 fully saturated rings. The number of urea groups is 1. The van der Waals surface area contributed by atoms with Gasteiger partial charge in [0.25, 0.3) is 0 Å². The van der Waals surface area contributed by atoms with Crippen molar-refractivity contribution in [3.63, 3.8) is 0 Å². The molecule has 114 valence electrons. The molecule has 0 saturated carbocycles. The van der Waals surface area contributed by atoms with Crippen LogP contribution in [0.15, 0.2) is 52.5 Å². The minimum absolute atomic E-state index is 0.148. The van der Waals surface area contributed by atoms with Crippen LogP contribution >= 0.6 is 22.7 Å². The summed E-state index contributed by atoms with van der Waals surface area (Å²) in [6.07, 6.45) is 0.865. The van der Waals surface area contributed by atoms with Gasteiger partial charge in [-0.15, -0.1) is 22.7 Å². The number of thiophene rings is 2. The molecule has 7 heteroatoms.